The van der Waals surface area contributed by atoms with Crippen LogP contribution >= 0.6 is 0 Å². The highest BCUT2D eigenvalue weighted by Gasteiger charge is 2.28. The first kappa shape index (κ1) is 16.7. The second kappa shape index (κ2) is 7.54. The van der Waals surface area contributed by atoms with Gasteiger partial charge in [-0.3, -0.25) is 9.59 Å². The number of carboxylic acids is 1. The fraction of sp³-hybridized carbons (Fsp3) is 0.222. The molecule has 0 aromatic heterocycles. The number of carbonyl (C=O) groups is 2. The van der Waals surface area contributed by atoms with Gasteiger partial charge in [-0.1, -0.05) is 37.3 Å². The molecule has 0 aliphatic carbocycles. The molecule has 0 radical (unpaired) electrons. The molecule has 2 aromatic rings. The van der Waals surface area contributed by atoms with Crippen LogP contribution in [0.5, 0.6) is 0 Å². The lowest BCUT2D eigenvalue weighted by Crippen LogP contribution is -2.29. The lowest BCUT2D eigenvalue weighted by Gasteiger charge is -2.22. The zero-order valence-corrected chi connectivity index (χ0v) is 12.7. The van der Waals surface area contributed by atoms with Gasteiger partial charge in [0.15, 0.2) is 0 Å². The summed E-state index contributed by atoms with van der Waals surface area (Å²) in [4.78, 5) is 23.6. The van der Waals surface area contributed by atoms with E-state index < -0.39 is 23.6 Å². The first-order valence-electron chi connectivity index (χ1n) is 7.30. The minimum Gasteiger partial charge on any atom is -0.481 e. The van der Waals surface area contributed by atoms with Crippen molar-refractivity contribution in [2.45, 2.75) is 19.3 Å². The zero-order chi connectivity index (χ0) is 16.8. The lowest BCUT2D eigenvalue weighted by molar-refractivity contribution is -0.140. The van der Waals surface area contributed by atoms with Gasteiger partial charge in [-0.2, -0.15) is 0 Å². The Labute approximate surface area is 134 Å². The molecule has 0 aliphatic rings. The second-order valence-electron chi connectivity index (χ2n) is 5.40. The summed E-state index contributed by atoms with van der Waals surface area (Å²) >= 11 is 0. The van der Waals surface area contributed by atoms with Crippen LogP contribution in [0.4, 0.5) is 10.1 Å². The third-order valence-electron chi connectivity index (χ3n) is 3.77. The van der Waals surface area contributed by atoms with Gasteiger partial charge >= 0.3 is 5.97 Å². The number of halogens is 1. The SMILES string of the molecule is C[C@@H](c1ccccc1)[C@@H](CC(=O)O)C(=O)Nc1ccc(F)cc1. The molecule has 0 spiro atoms. The molecule has 2 aromatic carbocycles. The fourth-order valence-corrected chi connectivity index (χ4v) is 2.44. The molecule has 120 valence electrons. The predicted octanol–water partition coefficient (Wildman–Crippen LogP) is 3.66. The third kappa shape index (κ3) is 4.64. The number of nitrogens with one attached hydrogen (secondary N) is 1. The molecule has 2 N–H and O–H groups in total. The number of carbonyl (C=O) groups excluding carboxylic acids is 1. The molecular weight excluding hydrogens is 297 g/mol. The predicted molar refractivity (Wildman–Crippen MR) is 85.6 cm³/mol. The van der Waals surface area contributed by atoms with E-state index in [1.54, 1.807) is 0 Å². The van der Waals surface area contributed by atoms with Gasteiger partial charge in [0.25, 0.3) is 0 Å². The maximum atomic E-state index is 12.9. The average Bonchev–Trinajstić information content (AvgIpc) is 2.54. The number of anilines is 1. The molecule has 0 bridgehead atoms. The highest BCUT2D eigenvalue weighted by atomic mass is 19.1. The molecule has 0 saturated carbocycles. The van der Waals surface area contributed by atoms with Gasteiger partial charge in [-0.25, -0.2) is 4.39 Å². The monoisotopic (exact) mass is 315 g/mol. The van der Waals surface area contributed by atoms with Crippen LogP contribution in [-0.2, 0) is 9.59 Å². The fourth-order valence-electron chi connectivity index (χ4n) is 2.44. The van der Waals surface area contributed by atoms with Crippen LogP contribution < -0.4 is 5.32 Å². The molecular formula is C18H18FNO3. The van der Waals surface area contributed by atoms with E-state index in [2.05, 4.69) is 5.32 Å². The van der Waals surface area contributed by atoms with Crippen LogP contribution in [0.2, 0.25) is 0 Å². The average molecular weight is 315 g/mol. The maximum Gasteiger partial charge on any atom is 0.304 e. The molecule has 23 heavy (non-hydrogen) atoms. The van der Waals surface area contributed by atoms with Crippen molar-refractivity contribution in [3.05, 3.63) is 66.0 Å². The summed E-state index contributed by atoms with van der Waals surface area (Å²) in [5.74, 6) is -2.81. The number of amides is 1. The first-order valence-corrected chi connectivity index (χ1v) is 7.30. The highest BCUT2D eigenvalue weighted by molar-refractivity contribution is 5.95. The van der Waals surface area contributed by atoms with Gasteiger partial charge in [-0.15, -0.1) is 0 Å². The molecule has 5 heteroatoms. The van der Waals surface area contributed by atoms with E-state index in [0.29, 0.717) is 5.69 Å². The van der Waals surface area contributed by atoms with Crippen LogP contribution in [0.25, 0.3) is 0 Å². The largest absolute Gasteiger partial charge is 0.481 e. The number of aliphatic carboxylic acids is 1. The molecule has 2 rings (SSSR count). The van der Waals surface area contributed by atoms with E-state index in [1.807, 2.05) is 37.3 Å². The number of hydrogen-bond donors (Lipinski definition) is 2. The van der Waals surface area contributed by atoms with Gasteiger partial charge in [-0.05, 0) is 35.7 Å². The van der Waals surface area contributed by atoms with Crippen molar-refractivity contribution >= 4 is 17.6 Å². The van der Waals surface area contributed by atoms with Crippen molar-refractivity contribution in [3.63, 3.8) is 0 Å². The van der Waals surface area contributed by atoms with E-state index in [1.165, 1.54) is 24.3 Å². The normalized spacial score (nSPS) is 13.1. The van der Waals surface area contributed by atoms with Gasteiger partial charge in [0, 0.05) is 5.69 Å². The second-order valence-corrected chi connectivity index (χ2v) is 5.40. The van der Waals surface area contributed by atoms with Crippen LogP contribution in [-0.4, -0.2) is 17.0 Å². The van der Waals surface area contributed by atoms with Crippen molar-refractivity contribution in [1.29, 1.82) is 0 Å². The summed E-state index contributed by atoms with van der Waals surface area (Å²) in [7, 11) is 0. The molecule has 4 nitrogen and oxygen atoms in total. The number of rotatable bonds is 6. The number of benzene rings is 2. The van der Waals surface area contributed by atoms with Crippen LogP contribution in [0.15, 0.2) is 54.6 Å². The van der Waals surface area contributed by atoms with Gasteiger partial charge in [0.1, 0.15) is 5.82 Å². The van der Waals surface area contributed by atoms with E-state index in [9.17, 15) is 14.0 Å². The molecule has 1 amide bonds. The summed E-state index contributed by atoms with van der Waals surface area (Å²) in [6.45, 7) is 1.83. The van der Waals surface area contributed by atoms with E-state index >= 15 is 0 Å². The third-order valence-corrected chi connectivity index (χ3v) is 3.77. The lowest BCUT2D eigenvalue weighted by atomic mass is 9.84. The quantitative estimate of drug-likeness (QED) is 0.855. The standard InChI is InChI=1S/C18H18FNO3/c1-12(13-5-3-2-4-6-13)16(11-17(21)22)18(23)20-15-9-7-14(19)8-10-15/h2-10,12,16H,11H2,1H3,(H,20,23)(H,21,22)/t12-,16+/m0/s1. The Morgan fingerprint density at radius 1 is 1.09 bits per heavy atom. The Balaban J connectivity index is 2.18. The minimum absolute atomic E-state index is 0.257. The summed E-state index contributed by atoms with van der Waals surface area (Å²) in [6, 6.07) is 14.7. The minimum atomic E-state index is -1.04. The molecule has 0 heterocycles. The van der Waals surface area contributed by atoms with Crippen molar-refractivity contribution in [2.24, 2.45) is 5.92 Å². The van der Waals surface area contributed by atoms with Crippen LogP contribution in [0.1, 0.15) is 24.8 Å². The molecule has 0 saturated heterocycles. The Morgan fingerprint density at radius 3 is 2.26 bits per heavy atom. The van der Waals surface area contributed by atoms with Crippen molar-refractivity contribution in [1.82, 2.24) is 0 Å². The van der Waals surface area contributed by atoms with Gasteiger partial charge in [0.2, 0.25) is 5.91 Å². The van der Waals surface area contributed by atoms with Crippen molar-refractivity contribution < 1.29 is 19.1 Å². The van der Waals surface area contributed by atoms with E-state index in [4.69, 9.17) is 5.11 Å². The Hall–Kier alpha value is -2.69. The topological polar surface area (TPSA) is 66.4 Å². The summed E-state index contributed by atoms with van der Waals surface area (Å²) in [6.07, 6.45) is -0.275. The van der Waals surface area contributed by atoms with E-state index in [0.717, 1.165) is 5.56 Å². The number of hydrogen-bond acceptors (Lipinski definition) is 2. The molecule has 0 fully saturated rings. The number of carboxylic acid groups (broad SMARTS) is 1. The Morgan fingerprint density at radius 2 is 1.70 bits per heavy atom. The molecule has 0 aliphatic heterocycles. The van der Waals surface area contributed by atoms with Crippen molar-refractivity contribution in [2.75, 3.05) is 5.32 Å². The van der Waals surface area contributed by atoms with Gasteiger partial charge < -0.3 is 10.4 Å². The smallest absolute Gasteiger partial charge is 0.304 e. The van der Waals surface area contributed by atoms with Crippen molar-refractivity contribution in [3.8, 4) is 0 Å². The highest BCUT2D eigenvalue weighted by Crippen LogP contribution is 2.28. The zero-order valence-electron chi connectivity index (χ0n) is 12.7. The summed E-state index contributed by atoms with van der Waals surface area (Å²) in [5, 5.41) is 11.8. The van der Waals surface area contributed by atoms with Crippen LogP contribution in [0.3, 0.4) is 0 Å². The Bertz CT molecular complexity index is 670. The first-order chi connectivity index (χ1) is 11.0. The van der Waals surface area contributed by atoms with E-state index in [-0.39, 0.29) is 12.3 Å². The summed E-state index contributed by atoms with van der Waals surface area (Å²) in [5.41, 5.74) is 1.33. The van der Waals surface area contributed by atoms with Crippen LogP contribution in [0, 0.1) is 11.7 Å². The molecule has 0 unspecified atom stereocenters. The molecule has 2 atom stereocenters. The maximum absolute atomic E-state index is 12.9. The Kier molecular flexibility index (Phi) is 5.46. The summed E-state index contributed by atoms with van der Waals surface area (Å²) < 4.78 is 12.9. The van der Waals surface area contributed by atoms with Gasteiger partial charge in [0.05, 0.1) is 12.3 Å².